The lowest BCUT2D eigenvalue weighted by Gasteiger charge is -2.06. The Labute approximate surface area is 67.3 Å². The van der Waals surface area contributed by atoms with Crippen LogP contribution in [0, 0.1) is 11.8 Å². The molecule has 0 spiro atoms. The maximum absolute atomic E-state index is 10.5. The summed E-state index contributed by atoms with van der Waals surface area (Å²) >= 11 is 0. The SMILES string of the molecule is CC#CCCNC(C)C(N)=O. The summed E-state index contributed by atoms with van der Waals surface area (Å²) in [6.07, 6.45) is 0.758. The minimum atomic E-state index is -0.325. The quantitative estimate of drug-likeness (QED) is 0.437. The van der Waals surface area contributed by atoms with Crippen LogP contribution < -0.4 is 11.1 Å². The molecule has 0 aliphatic carbocycles. The first-order valence-electron chi connectivity index (χ1n) is 3.60. The molecular weight excluding hydrogens is 140 g/mol. The minimum absolute atomic E-state index is 0.256. The summed E-state index contributed by atoms with van der Waals surface area (Å²) in [6.45, 7) is 4.24. The van der Waals surface area contributed by atoms with Crippen LogP contribution in [0.25, 0.3) is 0 Å². The van der Waals surface area contributed by atoms with Gasteiger partial charge in [0.2, 0.25) is 5.91 Å². The molecule has 0 saturated heterocycles. The Morgan fingerprint density at radius 1 is 1.73 bits per heavy atom. The molecule has 0 aromatic rings. The van der Waals surface area contributed by atoms with Gasteiger partial charge in [-0.25, -0.2) is 0 Å². The van der Waals surface area contributed by atoms with Crippen LogP contribution in [0.15, 0.2) is 0 Å². The number of hydrogen-bond acceptors (Lipinski definition) is 2. The highest BCUT2D eigenvalue weighted by atomic mass is 16.1. The van der Waals surface area contributed by atoms with E-state index >= 15 is 0 Å². The summed E-state index contributed by atoms with van der Waals surface area (Å²) in [6, 6.07) is -0.256. The van der Waals surface area contributed by atoms with Gasteiger partial charge in [-0.05, 0) is 13.8 Å². The number of carbonyl (C=O) groups is 1. The molecule has 0 radical (unpaired) electrons. The topological polar surface area (TPSA) is 55.1 Å². The second-order valence-electron chi connectivity index (χ2n) is 2.25. The first-order valence-corrected chi connectivity index (χ1v) is 3.60. The Balaban J connectivity index is 3.36. The lowest BCUT2D eigenvalue weighted by Crippen LogP contribution is -2.39. The van der Waals surface area contributed by atoms with Crippen LogP contribution in [-0.4, -0.2) is 18.5 Å². The maximum Gasteiger partial charge on any atom is 0.234 e. The van der Waals surface area contributed by atoms with Crippen molar-refractivity contribution in [2.75, 3.05) is 6.54 Å². The van der Waals surface area contributed by atoms with E-state index in [0.29, 0.717) is 6.54 Å². The van der Waals surface area contributed by atoms with E-state index in [1.54, 1.807) is 13.8 Å². The molecule has 11 heavy (non-hydrogen) atoms. The molecule has 0 heterocycles. The molecule has 3 nitrogen and oxygen atoms in total. The average molecular weight is 154 g/mol. The van der Waals surface area contributed by atoms with Gasteiger partial charge in [0.05, 0.1) is 6.04 Å². The number of nitrogens with two attached hydrogens (primary N) is 1. The summed E-state index contributed by atoms with van der Waals surface area (Å²) in [5.41, 5.74) is 5.01. The lowest BCUT2D eigenvalue weighted by molar-refractivity contribution is -0.119. The van der Waals surface area contributed by atoms with Gasteiger partial charge in [0.15, 0.2) is 0 Å². The number of amides is 1. The van der Waals surface area contributed by atoms with Crippen LogP contribution in [0.5, 0.6) is 0 Å². The van der Waals surface area contributed by atoms with E-state index in [-0.39, 0.29) is 11.9 Å². The van der Waals surface area contributed by atoms with Crippen molar-refractivity contribution in [2.24, 2.45) is 5.73 Å². The van der Waals surface area contributed by atoms with E-state index in [2.05, 4.69) is 17.2 Å². The van der Waals surface area contributed by atoms with Crippen LogP contribution in [0.4, 0.5) is 0 Å². The molecule has 0 aromatic carbocycles. The molecule has 3 heteroatoms. The van der Waals surface area contributed by atoms with Crippen molar-refractivity contribution in [3.05, 3.63) is 0 Å². The zero-order chi connectivity index (χ0) is 8.69. The first kappa shape index (κ1) is 9.99. The van der Waals surface area contributed by atoms with Gasteiger partial charge in [0, 0.05) is 13.0 Å². The normalized spacial score (nSPS) is 11.5. The lowest BCUT2D eigenvalue weighted by atomic mass is 10.3. The predicted molar refractivity (Wildman–Crippen MR) is 44.7 cm³/mol. The maximum atomic E-state index is 10.5. The molecule has 0 rings (SSSR count). The summed E-state index contributed by atoms with van der Waals surface area (Å²) in [4.78, 5) is 10.5. The van der Waals surface area contributed by atoms with Crippen molar-refractivity contribution in [3.8, 4) is 11.8 Å². The Morgan fingerprint density at radius 3 is 2.82 bits per heavy atom. The smallest absolute Gasteiger partial charge is 0.234 e. The summed E-state index contributed by atoms with van der Waals surface area (Å²) in [5, 5.41) is 2.94. The molecular formula is C8H14N2O. The number of rotatable bonds is 4. The Hall–Kier alpha value is -1.01. The minimum Gasteiger partial charge on any atom is -0.368 e. The van der Waals surface area contributed by atoms with Crippen molar-refractivity contribution in [3.63, 3.8) is 0 Å². The van der Waals surface area contributed by atoms with Crippen LogP contribution in [0.2, 0.25) is 0 Å². The molecule has 0 aromatic heterocycles. The third-order valence-electron chi connectivity index (χ3n) is 1.30. The summed E-state index contributed by atoms with van der Waals surface area (Å²) < 4.78 is 0. The molecule has 0 fully saturated rings. The molecule has 62 valence electrons. The van der Waals surface area contributed by atoms with Gasteiger partial charge in [-0.15, -0.1) is 11.8 Å². The van der Waals surface area contributed by atoms with Crippen molar-refractivity contribution < 1.29 is 4.79 Å². The number of carbonyl (C=O) groups excluding carboxylic acids is 1. The van der Waals surface area contributed by atoms with Crippen molar-refractivity contribution in [2.45, 2.75) is 26.3 Å². The zero-order valence-electron chi connectivity index (χ0n) is 6.98. The van der Waals surface area contributed by atoms with Gasteiger partial charge < -0.3 is 11.1 Å². The molecule has 0 bridgehead atoms. The third-order valence-corrected chi connectivity index (χ3v) is 1.30. The van der Waals surface area contributed by atoms with Crippen molar-refractivity contribution in [1.82, 2.24) is 5.32 Å². The highest BCUT2D eigenvalue weighted by molar-refractivity contribution is 5.79. The van der Waals surface area contributed by atoms with Crippen LogP contribution in [0.3, 0.4) is 0 Å². The summed E-state index contributed by atoms with van der Waals surface area (Å²) in [5.74, 6) is 5.32. The highest BCUT2D eigenvalue weighted by Gasteiger charge is 2.04. The largest absolute Gasteiger partial charge is 0.368 e. The Morgan fingerprint density at radius 2 is 2.36 bits per heavy atom. The van der Waals surface area contributed by atoms with Crippen LogP contribution in [0.1, 0.15) is 20.3 Å². The molecule has 1 amide bonds. The Kier molecular flexibility index (Phi) is 5.22. The van der Waals surface area contributed by atoms with Gasteiger partial charge in [0.25, 0.3) is 0 Å². The van der Waals surface area contributed by atoms with Gasteiger partial charge in [0.1, 0.15) is 0 Å². The highest BCUT2D eigenvalue weighted by Crippen LogP contribution is 1.79. The summed E-state index contributed by atoms with van der Waals surface area (Å²) in [7, 11) is 0. The van der Waals surface area contributed by atoms with Crippen molar-refractivity contribution in [1.29, 1.82) is 0 Å². The van der Waals surface area contributed by atoms with Gasteiger partial charge >= 0.3 is 0 Å². The second kappa shape index (κ2) is 5.75. The van der Waals surface area contributed by atoms with Gasteiger partial charge in [-0.2, -0.15) is 0 Å². The first-order chi connectivity index (χ1) is 5.18. The van der Waals surface area contributed by atoms with E-state index in [9.17, 15) is 4.79 Å². The number of nitrogens with one attached hydrogen (secondary N) is 1. The van der Waals surface area contributed by atoms with E-state index in [0.717, 1.165) is 6.42 Å². The number of hydrogen-bond donors (Lipinski definition) is 2. The van der Waals surface area contributed by atoms with Crippen molar-refractivity contribution >= 4 is 5.91 Å². The predicted octanol–water partition coefficient (Wildman–Crippen LogP) is -0.137. The number of primary amides is 1. The van der Waals surface area contributed by atoms with Gasteiger partial charge in [-0.3, -0.25) is 4.79 Å². The van der Waals surface area contributed by atoms with E-state index in [1.165, 1.54) is 0 Å². The standard InChI is InChI=1S/C8H14N2O/c1-3-4-5-6-10-7(2)8(9)11/h7,10H,5-6H2,1-2H3,(H2,9,11). The monoisotopic (exact) mass is 154 g/mol. The molecule has 1 atom stereocenters. The van der Waals surface area contributed by atoms with Gasteiger partial charge in [-0.1, -0.05) is 0 Å². The second-order valence-corrected chi connectivity index (χ2v) is 2.25. The average Bonchev–Trinajstić information content (AvgIpc) is 1.97. The fraction of sp³-hybridized carbons (Fsp3) is 0.625. The zero-order valence-corrected chi connectivity index (χ0v) is 6.98. The Bertz CT molecular complexity index is 178. The fourth-order valence-electron chi connectivity index (χ4n) is 0.577. The molecule has 0 aliphatic heterocycles. The van der Waals surface area contributed by atoms with E-state index in [1.807, 2.05) is 0 Å². The molecule has 0 aliphatic rings. The molecule has 0 saturated carbocycles. The third kappa shape index (κ3) is 5.43. The fourth-order valence-corrected chi connectivity index (χ4v) is 0.577. The van der Waals surface area contributed by atoms with Crippen LogP contribution >= 0.6 is 0 Å². The molecule has 3 N–H and O–H groups in total. The van der Waals surface area contributed by atoms with E-state index < -0.39 is 0 Å². The molecule has 1 unspecified atom stereocenters. The van der Waals surface area contributed by atoms with Crippen LogP contribution in [-0.2, 0) is 4.79 Å². The van der Waals surface area contributed by atoms with E-state index in [4.69, 9.17) is 5.73 Å².